The van der Waals surface area contributed by atoms with Crippen LogP contribution in [0, 0.1) is 6.92 Å². The van der Waals surface area contributed by atoms with E-state index in [4.69, 9.17) is 0 Å². The van der Waals surface area contributed by atoms with E-state index in [1.807, 2.05) is 61.5 Å². The van der Waals surface area contributed by atoms with Gasteiger partial charge >= 0.3 is 5.69 Å². The fraction of sp³-hybridized carbons (Fsp3) is 0.250. The molecule has 5 heteroatoms. The number of hydrogen-bond donors (Lipinski definition) is 0. The maximum Gasteiger partial charge on any atom is 0.346 e. The van der Waals surface area contributed by atoms with Crippen molar-refractivity contribution in [3.8, 4) is 11.4 Å². The molecule has 2 aromatic carbocycles. The van der Waals surface area contributed by atoms with Crippen LogP contribution in [0.15, 0.2) is 59.4 Å². The van der Waals surface area contributed by atoms with Gasteiger partial charge in [0.05, 0.1) is 0 Å². The number of aromatic nitrogens is 3. The second-order valence-electron chi connectivity index (χ2n) is 6.21. The Balaban J connectivity index is 1.72. The molecule has 0 radical (unpaired) electrons. The molecule has 0 aliphatic heterocycles. The van der Waals surface area contributed by atoms with Crippen molar-refractivity contribution in [2.24, 2.45) is 7.05 Å². The van der Waals surface area contributed by atoms with Crippen LogP contribution in [0.3, 0.4) is 0 Å². The summed E-state index contributed by atoms with van der Waals surface area (Å²) in [4.78, 5) is 24.6. The average molecular weight is 335 g/mol. The smallest absolute Gasteiger partial charge is 0.298 e. The monoisotopic (exact) mass is 335 g/mol. The van der Waals surface area contributed by atoms with Gasteiger partial charge in [-0.25, -0.2) is 9.48 Å². The third-order valence-corrected chi connectivity index (χ3v) is 4.21. The highest BCUT2D eigenvalue weighted by Crippen LogP contribution is 2.15. The van der Waals surface area contributed by atoms with Crippen molar-refractivity contribution in [2.45, 2.75) is 26.3 Å². The molecule has 3 rings (SSSR count). The van der Waals surface area contributed by atoms with E-state index in [1.54, 1.807) is 7.05 Å². The average Bonchev–Trinajstić information content (AvgIpc) is 2.90. The zero-order valence-corrected chi connectivity index (χ0v) is 14.5. The van der Waals surface area contributed by atoms with Crippen molar-refractivity contribution in [1.29, 1.82) is 0 Å². The Morgan fingerprint density at radius 3 is 2.40 bits per heavy atom. The van der Waals surface area contributed by atoms with Crippen LogP contribution in [-0.2, 0) is 24.8 Å². The van der Waals surface area contributed by atoms with E-state index in [0.29, 0.717) is 18.7 Å². The molecular weight excluding hydrogens is 314 g/mol. The minimum absolute atomic E-state index is 0.000454. The molecule has 0 spiro atoms. The van der Waals surface area contributed by atoms with Gasteiger partial charge in [0, 0.05) is 19.0 Å². The van der Waals surface area contributed by atoms with Crippen molar-refractivity contribution in [1.82, 2.24) is 14.3 Å². The highest BCUT2D eigenvalue weighted by Gasteiger charge is 2.14. The lowest BCUT2D eigenvalue weighted by atomic mass is 10.1. The lowest BCUT2D eigenvalue weighted by molar-refractivity contribution is -0.119. The van der Waals surface area contributed by atoms with Crippen LogP contribution in [0.1, 0.15) is 17.5 Å². The van der Waals surface area contributed by atoms with Gasteiger partial charge < -0.3 is 0 Å². The zero-order chi connectivity index (χ0) is 17.8. The molecule has 0 aliphatic carbocycles. The molecule has 0 N–H and O–H groups in total. The first-order valence-electron chi connectivity index (χ1n) is 8.31. The van der Waals surface area contributed by atoms with Crippen molar-refractivity contribution in [3.05, 3.63) is 76.2 Å². The summed E-state index contributed by atoms with van der Waals surface area (Å²) in [6.45, 7) is 2.01. The predicted molar refractivity (Wildman–Crippen MR) is 97.4 cm³/mol. The summed E-state index contributed by atoms with van der Waals surface area (Å²) in [7, 11) is 1.68. The van der Waals surface area contributed by atoms with Crippen molar-refractivity contribution in [3.63, 3.8) is 0 Å². The first-order chi connectivity index (χ1) is 12.0. The third-order valence-electron chi connectivity index (χ3n) is 4.21. The fourth-order valence-corrected chi connectivity index (χ4v) is 2.72. The number of ketones is 1. The van der Waals surface area contributed by atoms with Gasteiger partial charge in [-0.3, -0.25) is 9.36 Å². The number of benzene rings is 2. The second kappa shape index (κ2) is 7.30. The summed E-state index contributed by atoms with van der Waals surface area (Å²) in [5.74, 6) is 0.570. The van der Waals surface area contributed by atoms with Gasteiger partial charge in [-0.05, 0) is 18.9 Å². The molecule has 1 heterocycles. The van der Waals surface area contributed by atoms with E-state index in [9.17, 15) is 9.59 Å². The lowest BCUT2D eigenvalue weighted by Crippen LogP contribution is -2.26. The first kappa shape index (κ1) is 16.9. The number of carbonyl (C=O) groups is 1. The largest absolute Gasteiger partial charge is 0.346 e. The van der Waals surface area contributed by atoms with Gasteiger partial charge in [0.2, 0.25) is 0 Å². The van der Waals surface area contributed by atoms with E-state index >= 15 is 0 Å². The van der Waals surface area contributed by atoms with Crippen molar-refractivity contribution in [2.75, 3.05) is 0 Å². The van der Waals surface area contributed by atoms with Gasteiger partial charge in [0.15, 0.2) is 11.6 Å². The normalized spacial score (nSPS) is 10.8. The molecule has 3 aromatic rings. The Morgan fingerprint density at radius 2 is 1.72 bits per heavy atom. The molecule has 25 heavy (non-hydrogen) atoms. The fourth-order valence-electron chi connectivity index (χ4n) is 2.72. The SMILES string of the molecule is Cc1ccc(-c2nn(CC(=O)CCc3ccccc3)c(=O)n2C)cc1. The molecule has 0 saturated carbocycles. The Kier molecular flexibility index (Phi) is 4.93. The Bertz CT molecular complexity index is 922. The molecule has 0 unspecified atom stereocenters. The number of hydrogen-bond acceptors (Lipinski definition) is 3. The second-order valence-corrected chi connectivity index (χ2v) is 6.21. The van der Waals surface area contributed by atoms with Crippen molar-refractivity contribution >= 4 is 5.78 Å². The molecule has 0 amide bonds. The van der Waals surface area contributed by atoms with Crippen LogP contribution in [0.25, 0.3) is 11.4 Å². The molecule has 1 aromatic heterocycles. The number of aryl methyl sites for hydroxylation is 2. The van der Waals surface area contributed by atoms with E-state index in [1.165, 1.54) is 9.25 Å². The summed E-state index contributed by atoms with van der Waals surface area (Å²) >= 11 is 0. The third kappa shape index (κ3) is 3.94. The van der Waals surface area contributed by atoms with Crippen LogP contribution in [0.5, 0.6) is 0 Å². The Hall–Kier alpha value is -2.95. The van der Waals surface area contributed by atoms with E-state index < -0.39 is 0 Å². The molecule has 0 bridgehead atoms. The van der Waals surface area contributed by atoms with Crippen LogP contribution >= 0.6 is 0 Å². The van der Waals surface area contributed by atoms with Crippen LogP contribution in [0.4, 0.5) is 0 Å². The Morgan fingerprint density at radius 1 is 1.04 bits per heavy atom. The molecule has 128 valence electrons. The van der Waals surface area contributed by atoms with Crippen molar-refractivity contribution < 1.29 is 4.79 Å². The molecular formula is C20H21N3O2. The summed E-state index contributed by atoms with van der Waals surface area (Å²) < 4.78 is 2.73. The van der Waals surface area contributed by atoms with Gasteiger partial charge in [-0.15, -0.1) is 5.10 Å². The number of Topliss-reactive ketones (excluding diaryl/α,β-unsaturated/α-hetero) is 1. The van der Waals surface area contributed by atoms with E-state index in [0.717, 1.165) is 16.7 Å². The standard InChI is InChI=1S/C20H21N3O2/c1-15-8-11-17(12-9-15)19-21-23(20(25)22(19)2)14-18(24)13-10-16-6-4-3-5-7-16/h3-9,11-12H,10,13-14H2,1-2H3. The van der Waals surface area contributed by atoms with Gasteiger partial charge in [0.25, 0.3) is 0 Å². The minimum Gasteiger partial charge on any atom is -0.298 e. The molecule has 0 saturated heterocycles. The summed E-state index contributed by atoms with van der Waals surface area (Å²) in [6.07, 6.45) is 1.07. The zero-order valence-electron chi connectivity index (χ0n) is 14.5. The minimum atomic E-state index is -0.274. The summed E-state index contributed by atoms with van der Waals surface area (Å²) in [5.41, 5.74) is 2.85. The number of carbonyl (C=O) groups excluding carboxylic acids is 1. The lowest BCUT2D eigenvalue weighted by Gasteiger charge is -2.01. The highest BCUT2D eigenvalue weighted by atomic mass is 16.2. The first-order valence-corrected chi connectivity index (χ1v) is 8.31. The number of rotatable bonds is 6. The quantitative estimate of drug-likeness (QED) is 0.696. The van der Waals surface area contributed by atoms with E-state index in [-0.39, 0.29) is 18.0 Å². The van der Waals surface area contributed by atoms with Gasteiger partial charge in [-0.2, -0.15) is 0 Å². The highest BCUT2D eigenvalue weighted by molar-refractivity contribution is 5.78. The van der Waals surface area contributed by atoms with Gasteiger partial charge in [0.1, 0.15) is 6.54 Å². The van der Waals surface area contributed by atoms with E-state index in [2.05, 4.69) is 5.10 Å². The van der Waals surface area contributed by atoms with Crippen LogP contribution in [0.2, 0.25) is 0 Å². The maximum absolute atomic E-state index is 12.4. The van der Waals surface area contributed by atoms with Crippen LogP contribution < -0.4 is 5.69 Å². The molecule has 0 fully saturated rings. The van der Waals surface area contributed by atoms with Crippen LogP contribution in [-0.4, -0.2) is 20.1 Å². The topological polar surface area (TPSA) is 56.9 Å². The Labute approximate surface area is 146 Å². The molecule has 0 atom stereocenters. The molecule has 0 aliphatic rings. The summed E-state index contributed by atoms with van der Waals surface area (Å²) in [6, 6.07) is 17.7. The van der Waals surface area contributed by atoms with Gasteiger partial charge in [-0.1, -0.05) is 60.2 Å². The number of nitrogens with zero attached hydrogens (tertiary/aromatic N) is 3. The molecule has 5 nitrogen and oxygen atoms in total. The maximum atomic E-state index is 12.4. The predicted octanol–water partition coefficient (Wildman–Crippen LogP) is 2.76. The summed E-state index contributed by atoms with van der Waals surface area (Å²) in [5, 5.41) is 4.35.